The maximum absolute atomic E-state index is 13.1. The average molecular weight is 397 g/mol. The normalized spacial score (nSPS) is 24.0. The Balaban J connectivity index is 1.48. The number of benzene rings is 1. The first-order chi connectivity index (χ1) is 14.2. The molecule has 0 N–H and O–H groups in total. The fourth-order valence-corrected chi connectivity index (χ4v) is 4.77. The van der Waals surface area contributed by atoms with Gasteiger partial charge in [-0.25, -0.2) is 9.78 Å². The average Bonchev–Trinajstić information content (AvgIpc) is 2.93. The van der Waals surface area contributed by atoms with E-state index in [1.54, 1.807) is 6.07 Å². The molecular formula is C24H32N2O3. The molecule has 2 aromatic rings. The molecule has 1 unspecified atom stereocenters. The number of fused-ring (bicyclic) bond motifs is 3. The summed E-state index contributed by atoms with van der Waals surface area (Å²) in [6.45, 7) is 2.82. The molecule has 0 saturated carbocycles. The van der Waals surface area contributed by atoms with Crippen LogP contribution in [0.5, 0.6) is 5.88 Å². The van der Waals surface area contributed by atoms with Crippen LogP contribution in [0.4, 0.5) is 0 Å². The first-order valence-corrected chi connectivity index (χ1v) is 11.1. The largest absolute Gasteiger partial charge is 0.478 e. The van der Waals surface area contributed by atoms with Gasteiger partial charge in [-0.05, 0) is 32.4 Å². The minimum atomic E-state index is -0.256. The van der Waals surface area contributed by atoms with Crippen LogP contribution >= 0.6 is 0 Å². The highest BCUT2D eigenvalue weighted by atomic mass is 16.5. The molecule has 0 spiro atoms. The van der Waals surface area contributed by atoms with E-state index in [0.717, 1.165) is 36.6 Å². The van der Waals surface area contributed by atoms with Gasteiger partial charge < -0.3 is 14.4 Å². The Morgan fingerprint density at radius 3 is 2.66 bits per heavy atom. The van der Waals surface area contributed by atoms with Crippen molar-refractivity contribution in [2.75, 3.05) is 13.7 Å². The van der Waals surface area contributed by atoms with Crippen molar-refractivity contribution in [3.63, 3.8) is 0 Å². The summed E-state index contributed by atoms with van der Waals surface area (Å²) in [7, 11) is 2.20. The lowest BCUT2D eigenvalue weighted by Crippen LogP contribution is -2.43. The number of esters is 1. The second kappa shape index (κ2) is 9.12. The van der Waals surface area contributed by atoms with Crippen molar-refractivity contribution in [1.82, 2.24) is 9.88 Å². The summed E-state index contributed by atoms with van der Waals surface area (Å²) in [5.41, 5.74) is 1.33. The van der Waals surface area contributed by atoms with Crippen molar-refractivity contribution >= 4 is 16.9 Å². The highest BCUT2D eigenvalue weighted by molar-refractivity contribution is 6.03. The van der Waals surface area contributed by atoms with E-state index in [0.29, 0.717) is 30.1 Å². The summed E-state index contributed by atoms with van der Waals surface area (Å²) >= 11 is 0. The molecule has 0 radical (unpaired) electrons. The maximum Gasteiger partial charge on any atom is 0.339 e. The molecule has 2 saturated heterocycles. The van der Waals surface area contributed by atoms with Crippen LogP contribution in [0.3, 0.4) is 0 Å². The Hall–Kier alpha value is -2.14. The number of hydrogen-bond donors (Lipinski definition) is 0. The lowest BCUT2D eigenvalue weighted by atomic mass is 10.0. The SMILES string of the molecule is CCCCCCOc1cc(C(=O)OC2C[C@H]3CC[C@@H](C2)N3C)c2ccccc2n1. The number of para-hydroxylation sites is 1. The van der Waals surface area contributed by atoms with Crippen LogP contribution in [0.15, 0.2) is 30.3 Å². The van der Waals surface area contributed by atoms with Crippen LogP contribution in [-0.4, -0.2) is 47.7 Å². The second-order valence-corrected chi connectivity index (χ2v) is 8.48. The molecule has 5 nitrogen and oxygen atoms in total. The number of piperidine rings is 1. The fourth-order valence-electron chi connectivity index (χ4n) is 4.77. The second-order valence-electron chi connectivity index (χ2n) is 8.48. The monoisotopic (exact) mass is 396 g/mol. The van der Waals surface area contributed by atoms with E-state index >= 15 is 0 Å². The number of ether oxygens (including phenoxy) is 2. The third-order valence-corrected chi connectivity index (χ3v) is 6.49. The van der Waals surface area contributed by atoms with Gasteiger partial charge in [0.25, 0.3) is 0 Å². The van der Waals surface area contributed by atoms with Crippen LogP contribution in [0.2, 0.25) is 0 Å². The Labute approximate surface area is 173 Å². The summed E-state index contributed by atoms with van der Waals surface area (Å²) in [4.78, 5) is 20.1. The van der Waals surface area contributed by atoms with E-state index in [1.807, 2.05) is 24.3 Å². The number of nitrogens with zero attached hydrogens (tertiary/aromatic N) is 2. The van der Waals surface area contributed by atoms with Gasteiger partial charge >= 0.3 is 5.97 Å². The molecule has 5 heteroatoms. The molecule has 2 fully saturated rings. The summed E-state index contributed by atoms with van der Waals surface area (Å²) in [5, 5.41) is 0.826. The van der Waals surface area contributed by atoms with Crippen molar-refractivity contribution in [2.45, 2.75) is 76.5 Å². The number of hydrogen-bond acceptors (Lipinski definition) is 5. The van der Waals surface area contributed by atoms with Crippen LogP contribution in [0.1, 0.15) is 68.6 Å². The molecule has 2 bridgehead atoms. The van der Waals surface area contributed by atoms with Gasteiger partial charge in [0.2, 0.25) is 5.88 Å². The van der Waals surface area contributed by atoms with E-state index in [2.05, 4.69) is 23.9 Å². The summed E-state index contributed by atoms with van der Waals surface area (Å²) in [5.74, 6) is 0.254. The van der Waals surface area contributed by atoms with Gasteiger partial charge in [-0.15, -0.1) is 0 Å². The molecule has 4 rings (SSSR count). The molecule has 29 heavy (non-hydrogen) atoms. The maximum atomic E-state index is 13.1. The van der Waals surface area contributed by atoms with Gasteiger partial charge in [0.05, 0.1) is 17.7 Å². The van der Waals surface area contributed by atoms with E-state index in [4.69, 9.17) is 9.47 Å². The number of rotatable bonds is 8. The number of pyridine rings is 1. The molecular weight excluding hydrogens is 364 g/mol. The smallest absolute Gasteiger partial charge is 0.339 e. The van der Waals surface area contributed by atoms with Crippen molar-refractivity contribution in [1.29, 1.82) is 0 Å². The quantitative estimate of drug-likeness (QED) is 0.465. The van der Waals surface area contributed by atoms with Gasteiger partial charge in [0.1, 0.15) is 6.10 Å². The Morgan fingerprint density at radius 1 is 1.14 bits per heavy atom. The molecule has 0 aliphatic carbocycles. The predicted molar refractivity (Wildman–Crippen MR) is 114 cm³/mol. The van der Waals surface area contributed by atoms with Crippen LogP contribution in [-0.2, 0) is 4.74 Å². The molecule has 0 amide bonds. The highest BCUT2D eigenvalue weighted by Gasteiger charge is 2.40. The summed E-state index contributed by atoms with van der Waals surface area (Å²) in [6, 6.07) is 10.6. The summed E-state index contributed by atoms with van der Waals surface area (Å²) in [6.07, 6.45) is 8.85. The lowest BCUT2D eigenvalue weighted by Gasteiger charge is -2.35. The fraction of sp³-hybridized carbons (Fsp3) is 0.583. The highest BCUT2D eigenvalue weighted by Crippen LogP contribution is 2.36. The molecule has 2 aliphatic rings. The van der Waals surface area contributed by atoms with Crippen molar-refractivity contribution < 1.29 is 14.3 Å². The number of aromatic nitrogens is 1. The van der Waals surface area contributed by atoms with Crippen LogP contribution < -0.4 is 4.74 Å². The molecule has 3 heterocycles. The van der Waals surface area contributed by atoms with Gasteiger partial charge in [-0.3, -0.25) is 0 Å². The van der Waals surface area contributed by atoms with E-state index < -0.39 is 0 Å². The molecule has 1 aromatic heterocycles. The zero-order valence-electron chi connectivity index (χ0n) is 17.6. The molecule has 2 aliphatic heterocycles. The van der Waals surface area contributed by atoms with Crippen LogP contribution in [0.25, 0.3) is 10.9 Å². The topological polar surface area (TPSA) is 51.7 Å². The Bertz CT molecular complexity index is 839. The van der Waals surface area contributed by atoms with Gasteiger partial charge in [-0.1, -0.05) is 44.4 Å². The van der Waals surface area contributed by atoms with Gasteiger partial charge in [-0.2, -0.15) is 0 Å². The number of carbonyl (C=O) groups is 1. The number of unbranched alkanes of at least 4 members (excludes halogenated alkanes) is 3. The summed E-state index contributed by atoms with van der Waals surface area (Å²) < 4.78 is 11.9. The van der Waals surface area contributed by atoms with Crippen molar-refractivity contribution in [2.24, 2.45) is 0 Å². The van der Waals surface area contributed by atoms with E-state index in [-0.39, 0.29) is 12.1 Å². The lowest BCUT2D eigenvalue weighted by molar-refractivity contribution is -0.000308. The molecule has 1 aromatic carbocycles. The van der Waals surface area contributed by atoms with Crippen LogP contribution in [0, 0.1) is 0 Å². The number of carbonyl (C=O) groups excluding carboxylic acids is 1. The minimum Gasteiger partial charge on any atom is -0.478 e. The van der Waals surface area contributed by atoms with Crippen molar-refractivity contribution in [3.8, 4) is 5.88 Å². The molecule has 156 valence electrons. The van der Waals surface area contributed by atoms with Gasteiger partial charge in [0, 0.05) is 36.4 Å². The van der Waals surface area contributed by atoms with E-state index in [9.17, 15) is 4.79 Å². The molecule has 3 atom stereocenters. The van der Waals surface area contributed by atoms with Gasteiger partial charge in [0.15, 0.2) is 0 Å². The van der Waals surface area contributed by atoms with E-state index in [1.165, 1.54) is 25.7 Å². The zero-order valence-corrected chi connectivity index (χ0v) is 17.6. The Morgan fingerprint density at radius 2 is 1.90 bits per heavy atom. The Kier molecular flexibility index (Phi) is 6.34. The third kappa shape index (κ3) is 4.55. The standard InChI is InChI=1S/C24H32N2O3/c1-3-4-5-8-13-28-23-16-21(20-9-6-7-10-22(20)25-23)24(27)29-19-14-17-11-12-18(15-19)26(17)2/h6-7,9-10,16-19H,3-5,8,11-15H2,1-2H3/t17-,18+,19?. The minimum absolute atomic E-state index is 0.00143. The van der Waals surface area contributed by atoms with Crippen molar-refractivity contribution in [3.05, 3.63) is 35.9 Å². The predicted octanol–water partition coefficient (Wildman–Crippen LogP) is 4.98. The first-order valence-electron chi connectivity index (χ1n) is 11.1. The third-order valence-electron chi connectivity index (χ3n) is 6.49. The first kappa shape index (κ1) is 20.1. The zero-order chi connectivity index (χ0) is 20.2.